The van der Waals surface area contributed by atoms with Crippen LogP contribution in [0, 0.1) is 0 Å². The van der Waals surface area contributed by atoms with Crippen LogP contribution in [0.15, 0.2) is 12.4 Å². The molecule has 96 valence electrons. The van der Waals surface area contributed by atoms with Crippen LogP contribution >= 0.6 is 0 Å². The van der Waals surface area contributed by atoms with E-state index in [9.17, 15) is 8.42 Å². The van der Waals surface area contributed by atoms with Gasteiger partial charge in [-0.3, -0.25) is 0 Å². The molecular formula is C11H19N3O2S. The molecule has 0 saturated heterocycles. The Morgan fingerprint density at radius 1 is 1.53 bits per heavy atom. The molecule has 1 aromatic heterocycles. The van der Waals surface area contributed by atoms with Crippen LogP contribution < -0.4 is 0 Å². The van der Waals surface area contributed by atoms with Crippen molar-refractivity contribution in [2.45, 2.75) is 38.8 Å². The molecule has 0 bridgehead atoms. The van der Waals surface area contributed by atoms with Crippen molar-refractivity contribution in [1.82, 2.24) is 13.9 Å². The molecular weight excluding hydrogens is 238 g/mol. The van der Waals surface area contributed by atoms with Gasteiger partial charge in [-0.1, -0.05) is 6.92 Å². The van der Waals surface area contributed by atoms with Gasteiger partial charge in [0.05, 0.1) is 12.3 Å². The largest absolute Gasteiger partial charge is 0.337 e. The summed E-state index contributed by atoms with van der Waals surface area (Å²) >= 11 is 0. The number of imidazole rings is 1. The van der Waals surface area contributed by atoms with Crippen molar-refractivity contribution in [2.24, 2.45) is 7.05 Å². The molecule has 2 rings (SSSR count). The fourth-order valence-corrected chi connectivity index (χ4v) is 3.61. The van der Waals surface area contributed by atoms with Crippen LogP contribution in [-0.4, -0.2) is 34.1 Å². The Hall–Kier alpha value is -0.880. The molecule has 1 aliphatic carbocycles. The average Bonchev–Trinajstić information content (AvgIpc) is 2.99. The van der Waals surface area contributed by atoms with Gasteiger partial charge in [0.25, 0.3) is 0 Å². The summed E-state index contributed by atoms with van der Waals surface area (Å²) < 4.78 is 27.8. The molecule has 0 aromatic carbocycles. The fourth-order valence-electron chi connectivity index (χ4n) is 1.88. The summed E-state index contributed by atoms with van der Waals surface area (Å²) in [7, 11) is -1.23. The molecule has 1 aromatic rings. The van der Waals surface area contributed by atoms with Gasteiger partial charge in [0.15, 0.2) is 0 Å². The van der Waals surface area contributed by atoms with E-state index >= 15 is 0 Å². The van der Waals surface area contributed by atoms with Crippen molar-refractivity contribution in [3.63, 3.8) is 0 Å². The van der Waals surface area contributed by atoms with Crippen LogP contribution in [0.25, 0.3) is 0 Å². The van der Waals surface area contributed by atoms with E-state index in [1.54, 1.807) is 10.5 Å². The maximum absolute atomic E-state index is 12.1. The van der Waals surface area contributed by atoms with Crippen molar-refractivity contribution in [3.05, 3.63) is 18.2 Å². The van der Waals surface area contributed by atoms with Crippen LogP contribution in [0.5, 0.6) is 0 Å². The second-order valence-corrected chi connectivity index (χ2v) is 6.59. The minimum Gasteiger partial charge on any atom is -0.337 e. The molecule has 5 nitrogen and oxygen atoms in total. The monoisotopic (exact) mass is 257 g/mol. The van der Waals surface area contributed by atoms with E-state index in [-0.39, 0.29) is 11.8 Å². The smallest absolute Gasteiger partial charge is 0.214 e. The summed E-state index contributed by atoms with van der Waals surface area (Å²) in [5, 5.41) is 0. The van der Waals surface area contributed by atoms with E-state index in [2.05, 4.69) is 4.98 Å². The van der Waals surface area contributed by atoms with Gasteiger partial charge < -0.3 is 4.57 Å². The van der Waals surface area contributed by atoms with Crippen LogP contribution in [0.4, 0.5) is 0 Å². The molecule has 0 aliphatic heterocycles. The highest BCUT2D eigenvalue weighted by molar-refractivity contribution is 7.89. The highest BCUT2D eigenvalue weighted by Gasteiger charge is 2.37. The van der Waals surface area contributed by atoms with E-state index in [4.69, 9.17) is 0 Å². The Labute approximate surface area is 103 Å². The first kappa shape index (κ1) is 12.6. The molecule has 17 heavy (non-hydrogen) atoms. The van der Waals surface area contributed by atoms with Crippen LogP contribution in [0.3, 0.4) is 0 Å². The zero-order chi connectivity index (χ0) is 12.5. The molecule has 1 fully saturated rings. The van der Waals surface area contributed by atoms with Crippen molar-refractivity contribution < 1.29 is 8.42 Å². The third kappa shape index (κ3) is 2.87. The van der Waals surface area contributed by atoms with Gasteiger partial charge in [-0.25, -0.2) is 13.4 Å². The molecule has 0 spiro atoms. The first-order valence-corrected chi connectivity index (χ1v) is 7.61. The highest BCUT2D eigenvalue weighted by Crippen LogP contribution is 2.30. The molecule has 1 heterocycles. The molecule has 0 unspecified atom stereocenters. The molecule has 1 aliphatic rings. The Morgan fingerprint density at radius 2 is 2.24 bits per heavy atom. The van der Waals surface area contributed by atoms with Gasteiger partial charge in [0, 0.05) is 25.5 Å². The predicted octanol–water partition coefficient (Wildman–Crippen LogP) is 1.12. The summed E-state index contributed by atoms with van der Waals surface area (Å²) in [6, 6.07) is 0.197. The standard InChI is InChI=1S/C11H19N3O2S/c1-3-8-17(15,16)14(10-4-5-10)9-11-12-6-7-13(11)2/h6-7,10H,3-5,8-9H2,1-2H3. The van der Waals surface area contributed by atoms with Gasteiger partial charge in [0.2, 0.25) is 10.0 Å². The lowest BCUT2D eigenvalue weighted by atomic mass is 10.5. The lowest BCUT2D eigenvalue weighted by Crippen LogP contribution is -2.35. The van der Waals surface area contributed by atoms with Crippen LogP contribution in [-0.2, 0) is 23.6 Å². The van der Waals surface area contributed by atoms with Crippen LogP contribution in [0.2, 0.25) is 0 Å². The number of sulfonamides is 1. The van der Waals surface area contributed by atoms with Gasteiger partial charge in [0.1, 0.15) is 5.82 Å². The molecule has 0 atom stereocenters. The molecule has 1 saturated carbocycles. The quantitative estimate of drug-likeness (QED) is 0.767. The first-order chi connectivity index (χ1) is 8.04. The number of hydrogen-bond donors (Lipinski definition) is 0. The summed E-state index contributed by atoms with van der Waals surface area (Å²) in [5.74, 6) is 1.03. The average molecular weight is 257 g/mol. The van der Waals surface area contributed by atoms with E-state index < -0.39 is 10.0 Å². The topological polar surface area (TPSA) is 55.2 Å². The van der Waals surface area contributed by atoms with Gasteiger partial charge in [-0.15, -0.1) is 0 Å². The third-order valence-electron chi connectivity index (χ3n) is 2.99. The van der Waals surface area contributed by atoms with E-state index in [0.717, 1.165) is 18.7 Å². The summed E-state index contributed by atoms with van der Waals surface area (Å²) in [4.78, 5) is 4.20. The molecule has 0 amide bonds. The second kappa shape index (κ2) is 4.78. The van der Waals surface area contributed by atoms with Gasteiger partial charge in [-0.2, -0.15) is 4.31 Å². The van der Waals surface area contributed by atoms with Crippen molar-refractivity contribution in [3.8, 4) is 0 Å². The zero-order valence-electron chi connectivity index (χ0n) is 10.3. The Balaban J connectivity index is 2.16. The Bertz CT molecular complexity index is 477. The Morgan fingerprint density at radius 3 is 2.71 bits per heavy atom. The summed E-state index contributed by atoms with van der Waals surface area (Å²) in [6.07, 6.45) is 6.16. The van der Waals surface area contributed by atoms with E-state index in [1.165, 1.54) is 0 Å². The third-order valence-corrected chi connectivity index (χ3v) is 5.06. The normalized spacial score (nSPS) is 16.6. The highest BCUT2D eigenvalue weighted by atomic mass is 32.2. The Kier molecular flexibility index (Phi) is 3.53. The SMILES string of the molecule is CCCS(=O)(=O)N(Cc1nccn1C)C1CC1. The maximum Gasteiger partial charge on any atom is 0.214 e. The lowest BCUT2D eigenvalue weighted by molar-refractivity contribution is 0.385. The van der Waals surface area contributed by atoms with E-state index in [0.29, 0.717) is 13.0 Å². The number of hydrogen-bond acceptors (Lipinski definition) is 3. The molecule has 6 heteroatoms. The second-order valence-electron chi connectivity index (χ2n) is 4.55. The molecule has 0 N–H and O–H groups in total. The number of rotatable bonds is 6. The van der Waals surface area contributed by atoms with E-state index in [1.807, 2.05) is 24.7 Å². The molecule has 0 radical (unpaired) electrons. The lowest BCUT2D eigenvalue weighted by Gasteiger charge is -2.21. The maximum atomic E-state index is 12.1. The zero-order valence-corrected chi connectivity index (χ0v) is 11.2. The minimum atomic E-state index is -3.12. The minimum absolute atomic E-state index is 0.197. The van der Waals surface area contributed by atoms with Crippen molar-refractivity contribution in [1.29, 1.82) is 0 Å². The number of aromatic nitrogens is 2. The number of nitrogens with zero attached hydrogens (tertiary/aromatic N) is 3. The van der Waals surface area contributed by atoms with Gasteiger partial charge in [-0.05, 0) is 19.3 Å². The summed E-state index contributed by atoms with van der Waals surface area (Å²) in [6.45, 7) is 2.29. The summed E-state index contributed by atoms with van der Waals surface area (Å²) in [5.41, 5.74) is 0. The number of aryl methyl sites for hydroxylation is 1. The fraction of sp³-hybridized carbons (Fsp3) is 0.727. The van der Waals surface area contributed by atoms with Crippen molar-refractivity contribution >= 4 is 10.0 Å². The predicted molar refractivity (Wildman–Crippen MR) is 65.9 cm³/mol. The van der Waals surface area contributed by atoms with Crippen molar-refractivity contribution in [2.75, 3.05) is 5.75 Å². The van der Waals surface area contributed by atoms with Crippen LogP contribution in [0.1, 0.15) is 32.0 Å². The first-order valence-electron chi connectivity index (χ1n) is 6.00. The van der Waals surface area contributed by atoms with Gasteiger partial charge >= 0.3 is 0 Å².